The molecule has 0 aliphatic heterocycles. The summed E-state index contributed by atoms with van der Waals surface area (Å²) in [5.74, 6) is 1.19. The number of carbonyl (C=O) groups is 1. The molecule has 0 fully saturated rings. The van der Waals surface area contributed by atoms with Gasteiger partial charge in [0.1, 0.15) is 11.6 Å². The van der Waals surface area contributed by atoms with Crippen LogP contribution in [0.4, 0.5) is 5.69 Å². The molecule has 4 aromatic rings. The number of hydrogen-bond donors (Lipinski definition) is 2. The number of H-pyrrole nitrogens is 1. The van der Waals surface area contributed by atoms with E-state index in [9.17, 15) is 4.79 Å². The second-order valence-electron chi connectivity index (χ2n) is 5.45. The van der Waals surface area contributed by atoms with Crippen LogP contribution in [0.2, 0.25) is 0 Å². The second-order valence-corrected chi connectivity index (χ2v) is 6.40. The van der Waals surface area contributed by atoms with Crippen LogP contribution < -0.4 is 10.1 Å². The summed E-state index contributed by atoms with van der Waals surface area (Å²) in [6, 6.07) is 17.1. The van der Waals surface area contributed by atoms with Crippen LogP contribution in [-0.4, -0.2) is 23.0 Å². The highest BCUT2D eigenvalue weighted by Gasteiger charge is 2.13. The van der Waals surface area contributed by atoms with Gasteiger partial charge in [0.25, 0.3) is 5.91 Å². The number of thiophene rings is 1. The van der Waals surface area contributed by atoms with E-state index in [0.717, 1.165) is 22.4 Å². The van der Waals surface area contributed by atoms with Gasteiger partial charge in [-0.05, 0) is 41.8 Å². The molecule has 2 heterocycles. The molecule has 5 nitrogen and oxygen atoms in total. The van der Waals surface area contributed by atoms with E-state index in [-0.39, 0.29) is 18.3 Å². The fraction of sp³-hybridized carbons (Fsp3) is 0.0526. The van der Waals surface area contributed by atoms with Gasteiger partial charge in [0.2, 0.25) is 0 Å². The molecule has 7 heteroatoms. The summed E-state index contributed by atoms with van der Waals surface area (Å²) in [7, 11) is 1.58. The average Bonchev–Trinajstić information content (AvgIpc) is 3.31. The number of nitrogens with zero attached hydrogens (tertiary/aromatic N) is 1. The van der Waals surface area contributed by atoms with Crippen LogP contribution >= 0.6 is 23.7 Å². The third kappa shape index (κ3) is 3.42. The van der Waals surface area contributed by atoms with Crippen molar-refractivity contribution in [2.45, 2.75) is 0 Å². The minimum absolute atomic E-state index is 0. The Hall–Kier alpha value is -2.83. The number of methoxy groups -OCH3 is 1. The number of nitrogens with one attached hydrogen (secondary N) is 2. The van der Waals surface area contributed by atoms with Gasteiger partial charge in [-0.1, -0.05) is 18.2 Å². The molecule has 2 aromatic carbocycles. The number of benzene rings is 2. The minimum Gasteiger partial charge on any atom is -0.495 e. The second kappa shape index (κ2) is 7.59. The van der Waals surface area contributed by atoms with Crippen molar-refractivity contribution in [1.29, 1.82) is 0 Å². The molecule has 0 radical (unpaired) electrons. The average molecular weight is 386 g/mol. The quantitative estimate of drug-likeness (QED) is 0.521. The first-order valence-electron chi connectivity index (χ1n) is 7.72. The van der Waals surface area contributed by atoms with Crippen LogP contribution in [0, 0.1) is 0 Å². The van der Waals surface area contributed by atoms with Crippen molar-refractivity contribution in [2.75, 3.05) is 12.4 Å². The maximum atomic E-state index is 12.4. The zero-order valence-corrected chi connectivity index (χ0v) is 15.5. The number of hydrogen-bond acceptors (Lipinski definition) is 4. The maximum absolute atomic E-state index is 12.4. The molecule has 0 saturated carbocycles. The molecular formula is C19H16ClN3O2S. The van der Waals surface area contributed by atoms with Gasteiger partial charge in [0, 0.05) is 5.56 Å². The minimum atomic E-state index is -0.157. The summed E-state index contributed by atoms with van der Waals surface area (Å²) in [5, 5.41) is 4.78. The number of carbonyl (C=O) groups excluding carboxylic acids is 1. The number of aromatic amines is 1. The Labute approximate surface area is 160 Å². The number of ether oxygens (including phenoxy) is 1. The lowest BCUT2D eigenvalue weighted by Crippen LogP contribution is -2.11. The predicted molar refractivity (Wildman–Crippen MR) is 108 cm³/mol. The number of halogens is 1. The van der Waals surface area contributed by atoms with Crippen molar-refractivity contribution in [1.82, 2.24) is 9.97 Å². The van der Waals surface area contributed by atoms with E-state index in [1.54, 1.807) is 13.2 Å². The Morgan fingerprint density at radius 3 is 2.73 bits per heavy atom. The summed E-state index contributed by atoms with van der Waals surface area (Å²) < 4.78 is 5.37. The highest BCUT2D eigenvalue weighted by Crippen LogP contribution is 2.31. The normalized spacial score (nSPS) is 10.3. The third-order valence-corrected chi connectivity index (χ3v) is 4.72. The molecule has 0 saturated heterocycles. The maximum Gasteiger partial charge on any atom is 0.265 e. The highest BCUT2D eigenvalue weighted by molar-refractivity contribution is 7.12. The molecule has 0 aliphatic carbocycles. The highest BCUT2D eigenvalue weighted by atomic mass is 35.5. The van der Waals surface area contributed by atoms with Crippen molar-refractivity contribution >= 4 is 46.4 Å². The molecule has 132 valence electrons. The van der Waals surface area contributed by atoms with Crippen LogP contribution in [0.1, 0.15) is 9.67 Å². The standard InChI is InChI=1S/C19H15N3O2S.ClH/c1-24-16-9-8-12(18-20-13-5-2-3-6-14(13)21-18)11-15(16)22-19(23)17-7-4-10-25-17;/h2-11H,1H3,(H,20,21)(H,22,23);1H. The van der Waals surface area contributed by atoms with Gasteiger partial charge in [0.15, 0.2) is 0 Å². The molecule has 0 aliphatic rings. The summed E-state index contributed by atoms with van der Waals surface area (Å²) in [6.07, 6.45) is 0. The van der Waals surface area contributed by atoms with Crippen LogP contribution in [-0.2, 0) is 0 Å². The van der Waals surface area contributed by atoms with Gasteiger partial charge in [-0.15, -0.1) is 23.7 Å². The number of fused-ring (bicyclic) bond motifs is 1. The third-order valence-electron chi connectivity index (χ3n) is 3.86. The Kier molecular flexibility index (Phi) is 5.25. The van der Waals surface area contributed by atoms with Crippen molar-refractivity contribution in [3.8, 4) is 17.1 Å². The van der Waals surface area contributed by atoms with Gasteiger partial charge in [-0.3, -0.25) is 4.79 Å². The van der Waals surface area contributed by atoms with Crippen LogP contribution in [0.25, 0.3) is 22.4 Å². The van der Waals surface area contributed by atoms with E-state index in [2.05, 4.69) is 15.3 Å². The van der Waals surface area contributed by atoms with Crippen molar-refractivity contribution in [2.24, 2.45) is 0 Å². The predicted octanol–water partition coefficient (Wildman–Crippen LogP) is 4.97. The lowest BCUT2D eigenvalue weighted by molar-refractivity contribution is 0.103. The van der Waals surface area contributed by atoms with Gasteiger partial charge in [-0.2, -0.15) is 0 Å². The SMILES string of the molecule is COc1ccc(-c2nc3ccccc3[nH]2)cc1NC(=O)c1cccs1.Cl. The molecule has 1 amide bonds. The largest absolute Gasteiger partial charge is 0.495 e. The van der Waals surface area contributed by atoms with Crippen LogP contribution in [0.3, 0.4) is 0 Å². The van der Waals surface area contributed by atoms with Gasteiger partial charge < -0.3 is 15.0 Å². The first-order chi connectivity index (χ1) is 12.2. The van der Waals surface area contributed by atoms with Crippen molar-refractivity contribution in [3.05, 3.63) is 64.9 Å². The fourth-order valence-corrected chi connectivity index (χ4v) is 3.25. The zero-order chi connectivity index (χ0) is 17.2. The van der Waals surface area contributed by atoms with Gasteiger partial charge >= 0.3 is 0 Å². The van der Waals surface area contributed by atoms with E-state index in [0.29, 0.717) is 16.3 Å². The smallest absolute Gasteiger partial charge is 0.265 e. The van der Waals surface area contributed by atoms with Crippen LogP contribution in [0.15, 0.2) is 60.0 Å². The Morgan fingerprint density at radius 1 is 1.15 bits per heavy atom. The van der Waals surface area contributed by atoms with Crippen LogP contribution in [0.5, 0.6) is 5.75 Å². The Balaban J connectivity index is 0.00000196. The number of amides is 1. The number of rotatable bonds is 4. The van der Waals surface area contributed by atoms with Crippen molar-refractivity contribution in [3.63, 3.8) is 0 Å². The monoisotopic (exact) mass is 385 g/mol. The molecule has 26 heavy (non-hydrogen) atoms. The fourth-order valence-electron chi connectivity index (χ4n) is 2.63. The molecule has 2 N–H and O–H groups in total. The van der Waals surface area contributed by atoms with E-state index in [1.807, 2.05) is 53.9 Å². The summed E-state index contributed by atoms with van der Waals surface area (Å²) in [5.41, 5.74) is 3.35. The number of anilines is 1. The topological polar surface area (TPSA) is 67.0 Å². The van der Waals surface area contributed by atoms with E-state index >= 15 is 0 Å². The zero-order valence-electron chi connectivity index (χ0n) is 13.9. The first-order valence-corrected chi connectivity index (χ1v) is 8.60. The first kappa shape index (κ1) is 18.0. The van der Waals surface area contributed by atoms with Crippen molar-refractivity contribution < 1.29 is 9.53 Å². The summed E-state index contributed by atoms with van der Waals surface area (Å²) >= 11 is 1.40. The molecule has 0 atom stereocenters. The molecule has 2 aromatic heterocycles. The summed E-state index contributed by atoms with van der Waals surface area (Å²) in [6.45, 7) is 0. The van der Waals surface area contributed by atoms with Gasteiger partial charge in [-0.25, -0.2) is 4.98 Å². The van der Waals surface area contributed by atoms with E-state index in [4.69, 9.17) is 4.74 Å². The number of para-hydroxylation sites is 2. The lowest BCUT2D eigenvalue weighted by Gasteiger charge is -2.11. The molecular weight excluding hydrogens is 370 g/mol. The van der Waals surface area contributed by atoms with E-state index < -0.39 is 0 Å². The Morgan fingerprint density at radius 2 is 2.00 bits per heavy atom. The summed E-state index contributed by atoms with van der Waals surface area (Å²) in [4.78, 5) is 20.9. The number of aromatic nitrogens is 2. The lowest BCUT2D eigenvalue weighted by atomic mass is 10.1. The van der Waals surface area contributed by atoms with Gasteiger partial charge in [0.05, 0.1) is 28.7 Å². The molecule has 4 rings (SSSR count). The molecule has 0 spiro atoms. The Bertz CT molecular complexity index is 1010. The molecule has 0 bridgehead atoms. The number of imidazole rings is 1. The molecule has 0 unspecified atom stereocenters. The van der Waals surface area contributed by atoms with E-state index in [1.165, 1.54) is 11.3 Å².